The Kier molecular flexibility index (Phi) is 9.23. The molecule has 1 amide bonds. The van der Waals surface area contributed by atoms with E-state index >= 15 is 0 Å². The Balaban J connectivity index is 1.72. The zero-order chi connectivity index (χ0) is 20.4. The molecular formula is C21H33N3O4. The fourth-order valence-corrected chi connectivity index (χ4v) is 3.46. The molecule has 1 aromatic rings. The Morgan fingerprint density at radius 1 is 1.25 bits per heavy atom. The Morgan fingerprint density at radius 2 is 2.00 bits per heavy atom. The minimum absolute atomic E-state index is 0.0173. The lowest BCUT2D eigenvalue weighted by Gasteiger charge is -2.25. The summed E-state index contributed by atoms with van der Waals surface area (Å²) in [7, 11) is 1.86. The number of likely N-dealkylation sites (N-methyl/N-ethyl adjacent to an activating group) is 1. The number of rotatable bonds is 10. The molecule has 0 aromatic heterocycles. The van der Waals surface area contributed by atoms with Gasteiger partial charge in [-0.3, -0.25) is 19.4 Å². The van der Waals surface area contributed by atoms with Crippen LogP contribution >= 0.6 is 0 Å². The third-order valence-electron chi connectivity index (χ3n) is 5.05. The lowest BCUT2D eigenvalue weighted by atomic mass is 10.1. The van der Waals surface area contributed by atoms with Crippen LogP contribution in [0.5, 0.6) is 5.75 Å². The fraction of sp³-hybridized carbons (Fsp3) is 0.619. The van der Waals surface area contributed by atoms with Gasteiger partial charge in [0.1, 0.15) is 5.75 Å². The fourth-order valence-electron chi connectivity index (χ4n) is 3.46. The summed E-state index contributed by atoms with van der Waals surface area (Å²) in [6.07, 6.45) is 3.80. The number of benzene rings is 1. The van der Waals surface area contributed by atoms with Gasteiger partial charge < -0.3 is 15.2 Å². The summed E-state index contributed by atoms with van der Waals surface area (Å²) in [6, 6.07) is 8.07. The van der Waals surface area contributed by atoms with Gasteiger partial charge in [-0.1, -0.05) is 19.1 Å². The first kappa shape index (κ1) is 22.2. The van der Waals surface area contributed by atoms with Gasteiger partial charge in [0.2, 0.25) is 5.91 Å². The molecule has 0 radical (unpaired) electrons. The Hall–Kier alpha value is -2.12. The zero-order valence-electron chi connectivity index (χ0n) is 17.0. The monoisotopic (exact) mass is 391 g/mol. The van der Waals surface area contributed by atoms with E-state index in [1.54, 1.807) is 0 Å². The van der Waals surface area contributed by atoms with Crippen LogP contribution in [0.3, 0.4) is 0 Å². The van der Waals surface area contributed by atoms with E-state index in [2.05, 4.69) is 17.1 Å². The van der Waals surface area contributed by atoms with E-state index in [4.69, 9.17) is 9.84 Å². The maximum Gasteiger partial charge on any atom is 0.317 e. The SMILES string of the molecule is CCCOc1ccc(CNC(=O)CN2CCCC(N(C)CC(=O)O)CC2)cc1. The summed E-state index contributed by atoms with van der Waals surface area (Å²) in [5.41, 5.74) is 1.04. The number of hydrogen-bond donors (Lipinski definition) is 2. The molecule has 0 bridgehead atoms. The molecule has 1 saturated heterocycles. The van der Waals surface area contributed by atoms with Crippen LogP contribution in [0.4, 0.5) is 0 Å². The van der Waals surface area contributed by atoms with Crippen molar-refractivity contribution in [2.75, 3.05) is 39.8 Å². The molecule has 1 unspecified atom stereocenters. The summed E-state index contributed by atoms with van der Waals surface area (Å²) < 4.78 is 5.56. The zero-order valence-corrected chi connectivity index (χ0v) is 17.0. The van der Waals surface area contributed by atoms with E-state index in [0.717, 1.165) is 50.1 Å². The van der Waals surface area contributed by atoms with Crippen molar-refractivity contribution in [1.82, 2.24) is 15.1 Å². The second-order valence-corrected chi connectivity index (χ2v) is 7.44. The lowest BCUT2D eigenvalue weighted by Crippen LogP contribution is -2.39. The summed E-state index contributed by atoms with van der Waals surface area (Å²) in [4.78, 5) is 27.3. The van der Waals surface area contributed by atoms with E-state index in [-0.39, 0.29) is 18.5 Å². The van der Waals surface area contributed by atoms with Crippen LogP contribution in [0.1, 0.15) is 38.2 Å². The number of aliphatic carboxylic acids is 1. The van der Waals surface area contributed by atoms with Crippen molar-refractivity contribution in [3.8, 4) is 5.75 Å². The Morgan fingerprint density at radius 3 is 2.68 bits per heavy atom. The lowest BCUT2D eigenvalue weighted by molar-refractivity contribution is -0.138. The van der Waals surface area contributed by atoms with Crippen molar-refractivity contribution >= 4 is 11.9 Å². The van der Waals surface area contributed by atoms with Crippen molar-refractivity contribution in [3.05, 3.63) is 29.8 Å². The van der Waals surface area contributed by atoms with E-state index < -0.39 is 5.97 Å². The van der Waals surface area contributed by atoms with E-state index in [0.29, 0.717) is 19.7 Å². The van der Waals surface area contributed by atoms with Gasteiger partial charge in [-0.05, 0) is 57.0 Å². The summed E-state index contributed by atoms with van der Waals surface area (Å²) >= 11 is 0. The van der Waals surface area contributed by atoms with E-state index in [1.807, 2.05) is 36.2 Å². The predicted octanol–water partition coefficient (Wildman–Crippen LogP) is 1.96. The van der Waals surface area contributed by atoms with Gasteiger partial charge in [0.05, 0.1) is 19.7 Å². The highest BCUT2D eigenvalue weighted by Gasteiger charge is 2.22. The minimum atomic E-state index is -0.798. The molecule has 1 heterocycles. The standard InChI is InChI=1S/C21H33N3O4/c1-3-13-28-19-8-6-17(7-9-19)14-22-20(25)15-24-11-4-5-18(10-12-24)23(2)16-21(26)27/h6-9,18H,3-5,10-16H2,1-2H3,(H,22,25)(H,26,27). The average Bonchev–Trinajstić information content (AvgIpc) is 2.90. The predicted molar refractivity (Wildman–Crippen MR) is 108 cm³/mol. The van der Waals surface area contributed by atoms with Gasteiger partial charge >= 0.3 is 5.97 Å². The molecule has 2 rings (SSSR count). The van der Waals surface area contributed by atoms with Crippen molar-refractivity contribution in [2.45, 2.75) is 45.2 Å². The normalized spacial score (nSPS) is 17.9. The summed E-state index contributed by atoms with van der Waals surface area (Å²) in [5.74, 6) is 0.0699. The maximum atomic E-state index is 12.3. The van der Waals surface area contributed by atoms with Crippen LogP contribution in [0, 0.1) is 0 Å². The number of carboxylic acids is 1. The van der Waals surface area contributed by atoms with Gasteiger partial charge in [0, 0.05) is 19.1 Å². The second kappa shape index (κ2) is 11.7. The molecule has 0 spiro atoms. The highest BCUT2D eigenvalue weighted by atomic mass is 16.5. The van der Waals surface area contributed by atoms with E-state index in [9.17, 15) is 9.59 Å². The molecule has 7 heteroatoms. The molecule has 1 fully saturated rings. The smallest absolute Gasteiger partial charge is 0.317 e. The second-order valence-electron chi connectivity index (χ2n) is 7.44. The van der Waals surface area contributed by atoms with Crippen LogP contribution < -0.4 is 10.1 Å². The molecule has 1 aliphatic heterocycles. The first-order valence-electron chi connectivity index (χ1n) is 10.1. The van der Waals surface area contributed by atoms with Crippen molar-refractivity contribution < 1.29 is 19.4 Å². The van der Waals surface area contributed by atoms with Gasteiger partial charge in [-0.15, -0.1) is 0 Å². The molecule has 1 atom stereocenters. The molecule has 1 aromatic carbocycles. The van der Waals surface area contributed by atoms with Crippen LogP contribution in [-0.2, 0) is 16.1 Å². The molecule has 7 nitrogen and oxygen atoms in total. The maximum absolute atomic E-state index is 12.3. The number of likely N-dealkylation sites (tertiary alicyclic amines) is 1. The number of hydrogen-bond acceptors (Lipinski definition) is 5. The quantitative estimate of drug-likeness (QED) is 0.635. The number of carbonyl (C=O) groups is 2. The van der Waals surface area contributed by atoms with Gasteiger partial charge in [0.15, 0.2) is 0 Å². The van der Waals surface area contributed by atoms with Gasteiger partial charge in [-0.25, -0.2) is 0 Å². The van der Waals surface area contributed by atoms with Crippen LogP contribution in [-0.4, -0.2) is 72.7 Å². The minimum Gasteiger partial charge on any atom is -0.494 e. The number of carboxylic acid groups (broad SMARTS) is 1. The van der Waals surface area contributed by atoms with Crippen LogP contribution in [0.15, 0.2) is 24.3 Å². The first-order valence-corrected chi connectivity index (χ1v) is 10.1. The van der Waals surface area contributed by atoms with Crippen molar-refractivity contribution in [3.63, 3.8) is 0 Å². The molecule has 2 N–H and O–H groups in total. The topological polar surface area (TPSA) is 82.1 Å². The molecular weight excluding hydrogens is 358 g/mol. The molecule has 0 aliphatic carbocycles. The number of nitrogens with zero attached hydrogens (tertiary/aromatic N) is 2. The summed E-state index contributed by atoms with van der Waals surface area (Å²) in [6.45, 7) is 5.41. The summed E-state index contributed by atoms with van der Waals surface area (Å²) in [5, 5.41) is 11.9. The van der Waals surface area contributed by atoms with Crippen molar-refractivity contribution in [2.24, 2.45) is 0 Å². The third-order valence-corrected chi connectivity index (χ3v) is 5.05. The number of ether oxygens (including phenoxy) is 1. The number of amides is 1. The van der Waals surface area contributed by atoms with Gasteiger partial charge in [-0.2, -0.15) is 0 Å². The third kappa shape index (κ3) is 7.86. The van der Waals surface area contributed by atoms with E-state index in [1.165, 1.54) is 0 Å². The highest BCUT2D eigenvalue weighted by molar-refractivity contribution is 5.78. The van der Waals surface area contributed by atoms with Gasteiger partial charge in [0.25, 0.3) is 0 Å². The molecule has 156 valence electrons. The number of nitrogens with one attached hydrogen (secondary N) is 1. The Labute approximate surface area is 167 Å². The van der Waals surface area contributed by atoms with Crippen LogP contribution in [0.2, 0.25) is 0 Å². The average molecular weight is 392 g/mol. The first-order chi connectivity index (χ1) is 13.5. The Bertz CT molecular complexity index is 621. The highest BCUT2D eigenvalue weighted by Crippen LogP contribution is 2.16. The van der Waals surface area contributed by atoms with Crippen molar-refractivity contribution in [1.29, 1.82) is 0 Å². The van der Waals surface area contributed by atoms with Crippen LogP contribution in [0.25, 0.3) is 0 Å². The number of carbonyl (C=O) groups excluding carboxylic acids is 1. The molecule has 1 aliphatic rings. The largest absolute Gasteiger partial charge is 0.494 e. The molecule has 28 heavy (non-hydrogen) atoms. The molecule has 0 saturated carbocycles.